The second-order valence-electron chi connectivity index (χ2n) is 5.02. The van der Waals surface area contributed by atoms with Crippen LogP contribution in [0.15, 0.2) is 48.5 Å². The summed E-state index contributed by atoms with van der Waals surface area (Å²) in [6.07, 6.45) is 0. The van der Waals surface area contributed by atoms with Crippen molar-refractivity contribution < 1.29 is 19.1 Å². The first kappa shape index (κ1) is 19.7. The zero-order chi connectivity index (χ0) is 18.9. The fourth-order valence-corrected chi connectivity index (χ4v) is 2.36. The van der Waals surface area contributed by atoms with E-state index in [0.717, 1.165) is 0 Å². The van der Waals surface area contributed by atoms with Gasteiger partial charge in [0.2, 0.25) is 0 Å². The number of carbonyl (C=O) groups excluding carboxylic acids is 2. The van der Waals surface area contributed by atoms with Gasteiger partial charge >= 0.3 is 5.97 Å². The molecule has 2 rings (SSSR count). The molecule has 6 nitrogen and oxygen atoms in total. The Morgan fingerprint density at radius 1 is 1.12 bits per heavy atom. The Bertz CT molecular complexity index is 796. The van der Waals surface area contributed by atoms with Crippen LogP contribution in [0.4, 0.5) is 5.69 Å². The minimum atomic E-state index is -0.425. The smallest absolute Gasteiger partial charge is 0.338 e. The molecule has 2 aromatic rings. The topological polar surface area (TPSA) is 76.7 Å². The Hall–Kier alpha value is -2.64. The van der Waals surface area contributed by atoms with Crippen molar-refractivity contribution in [2.45, 2.75) is 6.92 Å². The van der Waals surface area contributed by atoms with Crippen molar-refractivity contribution in [2.24, 2.45) is 0 Å². The van der Waals surface area contributed by atoms with Gasteiger partial charge < -0.3 is 14.8 Å². The predicted octanol–water partition coefficient (Wildman–Crippen LogP) is 3.41. The molecule has 0 aromatic heterocycles. The molecule has 136 valence electrons. The number of esters is 1. The van der Waals surface area contributed by atoms with E-state index in [0.29, 0.717) is 28.6 Å². The summed E-state index contributed by atoms with van der Waals surface area (Å²) in [4.78, 5) is 23.5. The number of amides is 1. The van der Waals surface area contributed by atoms with Crippen LogP contribution in [0.3, 0.4) is 0 Å². The molecule has 0 saturated heterocycles. The van der Waals surface area contributed by atoms with Gasteiger partial charge in [-0.3, -0.25) is 10.1 Å². The zero-order valence-electron chi connectivity index (χ0n) is 14.0. The van der Waals surface area contributed by atoms with Crippen LogP contribution in [0.1, 0.15) is 17.3 Å². The molecule has 0 bridgehead atoms. The number of hydrogen-bond donors (Lipinski definition) is 2. The molecule has 0 aliphatic carbocycles. The van der Waals surface area contributed by atoms with Gasteiger partial charge in [0.15, 0.2) is 11.7 Å². The first-order valence-corrected chi connectivity index (χ1v) is 8.53. The number of thiocarbonyl (C=S) groups is 1. The van der Waals surface area contributed by atoms with Crippen LogP contribution >= 0.6 is 23.8 Å². The lowest BCUT2D eigenvalue weighted by Gasteiger charge is -2.11. The Kier molecular flexibility index (Phi) is 7.37. The highest BCUT2D eigenvalue weighted by molar-refractivity contribution is 7.80. The van der Waals surface area contributed by atoms with Crippen molar-refractivity contribution in [3.63, 3.8) is 0 Å². The Labute approximate surface area is 161 Å². The van der Waals surface area contributed by atoms with Crippen molar-refractivity contribution in [1.82, 2.24) is 5.32 Å². The van der Waals surface area contributed by atoms with Crippen LogP contribution in [0.25, 0.3) is 0 Å². The second-order valence-corrected chi connectivity index (χ2v) is 5.83. The van der Waals surface area contributed by atoms with Gasteiger partial charge in [0.05, 0.1) is 17.2 Å². The van der Waals surface area contributed by atoms with E-state index in [4.69, 9.17) is 33.3 Å². The summed E-state index contributed by atoms with van der Waals surface area (Å²) in [5.41, 5.74) is 1.05. The standard InChI is InChI=1S/C18H17ClN2O4S/c1-2-24-17(23)12-7-9-13(10-8-12)20-18(26)21-16(22)11-25-15-6-4-3-5-14(15)19/h3-10H,2,11H2,1H3,(H2,20,21,22,26). The minimum Gasteiger partial charge on any atom is -0.482 e. The van der Waals surface area contributed by atoms with Crippen LogP contribution in [-0.4, -0.2) is 30.2 Å². The maximum absolute atomic E-state index is 11.9. The van der Waals surface area contributed by atoms with Gasteiger partial charge in [-0.25, -0.2) is 4.79 Å². The Balaban J connectivity index is 1.81. The average molecular weight is 393 g/mol. The number of ether oxygens (including phenoxy) is 2. The van der Waals surface area contributed by atoms with Crippen LogP contribution in [0.2, 0.25) is 5.02 Å². The minimum absolute atomic E-state index is 0.113. The fourth-order valence-electron chi connectivity index (χ4n) is 1.93. The maximum atomic E-state index is 11.9. The zero-order valence-corrected chi connectivity index (χ0v) is 15.5. The highest BCUT2D eigenvalue weighted by atomic mass is 35.5. The SMILES string of the molecule is CCOC(=O)c1ccc(NC(=S)NC(=O)COc2ccccc2Cl)cc1. The number of benzene rings is 2. The van der Waals surface area contributed by atoms with Crippen LogP contribution in [0.5, 0.6) is 5.75 Å². The number of hydrogen-bond acceptors (Lipinski definition) is 5. The molecule has 0 saturated carbocycles. The third kappa shape index (κ3) is 6.02. The maximum Gasteiger partial charge on any atom is 0.338 e. The fraction of sp³-hybridized carbons (Fsp3) is 0.167. The van der Waals surface area contributed by atoms with E-state index in [9.17, 15) is 9.59 Å². The van der Waals surface area contributed by atoms with Crippen LogP contribution in [-0.2, 0) is 9.53 Å². The molecule has 26 heavy (non-hydrogen) atoms. The molecule has 1 amide bonds. The van der Waals surface area contributed by atoms with E-state index in [1.807, 2.05) is 0 Å². The van der Waals surface area contributed by atoms with Gasteiger partial charge in [0.1, 0.15) is 5.75 Å². The van der Waals surface area contributed by atoms with Gasteiger partial charge in [0, 0.05) is 5.69 Å². The highest BCUT2D eigenvalue weighted by Crippen LogP contribution is 2.22. The van der Waals surface area contributed by atoms with Crippen LogP contribution in [0, 0.1) is 0 Å². The summed E-state index contributed by atoms with van der Waals surface area (Å²) < 4.78 is 10.2. The van der Waals surface area contributed by atoms with E-state index in [2.05, 4.69) is 10.6 Å². The quantitative estimate of drug-likeness (QED) is 0.579. The summed E-state index contributed by atoms with van der Waals surface area (Å²) in [6.45, 7) is 1.82. The number of para-hydroxylation sites is 1. The van der Waals surface area contributed by atoms with E-state index >= 15 is 0 Å². The lowest BCUT2D eigenvalue weighted by atomic mass is 10.2. The third-order valence-corrected chi connectivity index (χ3v) is 3.62. The second kappa shape index (κ2) is 9.74. The van der Waals surface area contributed by atoms with Crippen LogP contribution < -0.4 is 15.4 Å². The molecule has 0 fully saturated rings. The average Bonchev–Trinajstić information content (AvgIpc) is 2.61. The molecular formula is C18H17ClN2O4S. The van der Waals surface area contributed by atoms with E-state index in [1.165, 1.54) is 0 Å². The van der Waals surface area contributed by atoms with E-state index in [1.54, 1.807) is 55.5 Å². The first-order chi connectivity index (χ1) is 12.5. The lowest BCUT2D eigenvalue weighted by molar-refractivity contribution is -0.121. The van der Waals surface area contributed by atoms with Gasteiger partial charge in [-0.15, -0.1) is 0 Å². The molecule has 0 spiro atoms. The molecule has 0 unspecified atom stereocenters. The molecule has 0 heterocycles. The predicted molar refractivity (Wildman–Crippen MR) is 104 cm³/mol. The number of carbonyl (C=O) groups is 2. The summed E-state index contributed by atoms with van der Waals surface area (Å²) >= 11 is 11.0. The van der Waals surface area contributed by atoms with Gasteiger partial charge in [-0.1, -0.05) is 23.7 Å². The van der Waals surface area contributed by atoms with Crippen molar-refractivity contribution in [3.05, 3.63) is 59.1 Å². The van der Waals surface area contributed by atoms with Gasteiger partial charge in [-0.2, -0.15) is 0 Å². The lowest BCUT2D eigenvalue weighted by Crippen LogP contribution is -2.37. The van der Waals surface area contributed by atoms with E-state index in [-0.39, 0.29) is 11.7 Å². The third-order valence-electron chi connectivity index (χ3n) is 3.10. The normalized spacial score (nSPS) is 9.92. The summed E-state index contributed by atoms with van der Waals surface area (Å²) in [5.74, 6) is -0.407. The number of rotatable bonds is 6. The first-order valence-electron chi connectivity index (χ1n) is 7.75. The number of nitrogens with one attached hydrogen (secondary N) is 2. The summed E-state index contributed by atoms with van der Waals surface area (Å²) in [7, 11) is 0. The highest BCUT2D eigenvalue weighted by Gasteiger charge is 2.09. The summed E-state index contributed by atoms with van der Waals surface area (Å²) in [6, 6.07) is 13.4. The molecule has 2 N–H and O–H groups in total. The molecule has 0 aliphatic rings. The number of halogens is 1. The molecular weight excluding hydrogens is 376 g/mol. The molecule has 0 aliphatic heterocycles. The van der Waals surface area contributed by atoms with E-state index < -0.39 is 11.9 Å². The van der Waals surface area contributed by atoms with Gasteiger partial charge in [0.25, 0.3) is 5.91 Å². The van der Waals surface area contributed by atoms with Crippen molar-refractivity contribution in [3.8, 4) is 5.75 Å². The molecule has 0 radical (unpaired) electrons. The van der Waals surface area contributed by atoms with Crippen molar-refractivity contribution >= 4 is 46.5 Å². The molecule has 2 aromatic carbocycles. The largest absolute Gasteiger partial charge is 0.482 e. The summed E-state index contributed by atoms with van der Waals surface area (Å²) in [5, 5.41) is 5.88. The Morgan fingerprint density at radius 3 is 2.46 bits per heavy atom. The Morgan fingerprint density at radius 2 is 1.81 bits per heavy atom. The molecule has 0 atom stereocenters. The molecule has 8 heteroatoms. The van der Waals surface area contributed by atoms with Crippen molar-refractivity contribution in [1.29, 1.82) is 0 Å². The monoisotopic (exact) mass is 392 g/mol. The van der Waals surface area contributed by atoms with Crippen molar-refractivity contribution in [2.75, 3.05) is 18.5 Å². The number of anilines is 1. The van der Waals surface area contributed by atoms with Gasteiger partial charge in [-0.05, 0) is 55.5 Å².